The number of hydrogen-bond donors (Lipinski definition) is 2. The maximum atomic E-state index is 12.3. The van der Waals surface area contributed by atoms with Gasteiger partial charge in [0.25, 0.3) is 0 Å². The fourth-order valence-corrected chi connectivity index (χ4v) is 6.16. The Labute approximate surface area is 216 Å². The number of carboxylic acid groups (broad SMARTS) is 2. The highest BCUT2D eigenvalue weighted by Crippen LogP contribution is 2.41. The molecular weight excluding hydrogens is 488 g/mol. The van der Waals surface area contributed by atoms with E-state index >= 15 is 0 Å². The second kappa shape index (κ2) is 9.57. The van der Waals surface area contributed by atoms with Gasteiger partial charge in [-0.05, 0) is 61.4 Å². The van der Waals surface area contributed by atoms with Gasteiger partial charge in [-0.2, -0.15) is 0 Å². The summed E-state index contributed by atoms with van der Waals surface area (Å²) < 4.78 is 0. The van der Waals surface area contributed by atoms with Crippen LogP contribution >= 0.6 is 22.7 Å². The molecule has 2 heterocycles. The smallest absolute Gasteiger partial charge is 0.336 e. The Morgan fingerprint density at radius 2 is 0.861 bits per heavy atom. The van der Waals surface area contributed by atoms with Crippen molar-refractivity contribution in [2.24, 2.45) is 0 Å². The van der Waals surface area contributed by atoms with Crippen LogP contribution in [0.2, 0.25) is 0 Å². The van der Waals surface area contributed by atoms with Crippen LogP contribution in [0.1, 0.15) is 31.8 Å². The van der Waals surface area contributed by atoms with Gasteiger partial charge in [-0.1, -0.05) is 59.7 Å². The normalized spacial score (nSPS) is 10.9. The molecule has 0 spiro atoms. The Hall–Kier alpha value is -4.00. The van der Waals surface area contributed by atoms with Crippen molar-refractivity contribution in [3.05, 3.63) is 107 Å². The third-order valence-corrected chi connectivity index (χ3v) is 8.37. The molecule has 0 unspecified atom stereocenters. The first-order valence-electron chi connectivity index (χ1n) is 11.3. The molecule has 5 aromatic rings. The molecule has 0 saturated carbocycles. The third-order valence-electron chi connectivity index (χ3n) is 6.03. The molecule has 0 aliphatic heterocycles. The molecule has 2 N–H and O–H groups in total. The van der Waals surface area contributed by atoms with Gasteiger partial charge < -0.3 is 10.2 Å². The number of benzene rings is 3. The van der Waals surface area contributed by atoms with Gasteiger partial charge in [0.1, 0.15) is 0 Å². The zero-order valence-corrected chi connectivity index (χ0v) is 21.2. The van der Waals surface area contributed by atoms with E-state index in [1.807, 2.05) is 86.6 Å². The standard InChI is InChI=1S/C30H22O4S2/c1-17-3-7-19(8-4-17)25-11-13-27(35-25)21-15-24(30(33)34)22(16-23(21)29(31)32)28-14-12-26(36-28)20-9-5-18(2)6-10-20/h3-16H,1-2H3,(H,31,32)(H,33,34). The Kier molecular flexibility index (Phi) is 6.31. The van der Waals surface area contributed by atoms with Crippen LogP contribution in [0, 0.1) is 13.8 Å². The molecule has 0 aliphatic carbocycles. The third kappa shape index (κ3) is 4.61. The van der Waals surface area contributed by atoms with E-state index < -0.39 is 11.9 Å². The lowest BCUT2D eigenvalue weighted by Crippen LogP contribution is -2.05. The number of thiophene rings is 2. The Morgan fingerprint density at radius 3 is 1.19 bits per heavy atom. The monoisotopic (exact) mass is 510 g/mol. The van der Waals surface area contributed by atoms with Crippen LogP contribution in [0.3, 0.4) is 0 Å². The molecule has 3 aromatic carbocycles. The summed E-state index contributed by atoms with van der Waals surface area (Å²) in [7, 11) is 0. The van der Waals surface area contributed by atoms with Crippen LogP contribution in [0.15, 0.2) is 84.9 Å². The topological polar surface area (TPSA) is 74.6 Å². The minimum absolute atomic E-state index is 0.0811. The fraction of sp³-hybridized carbons (Fsp3) is 0.0667. The van der Waals surface area contributed by atoms with Gasteiger partial charge in [0.05, 0.1) is 11.1 Å². The van der Waals surface area contributed by atoms with E-state index in [9.17, 15) is 19.8 Å². The molecule has 0 saturated heterocycles. The number of carboxylic acids is 2. The summed E-state index contributed by atoms with van der Waals surface area (Å²) in [6, 6.07) is 26.8. The van der Waals surface area contributed by atoms with Crippen molar-refractivity contribution in [3.63, 3.8) is 0 Å². The number of aromatic carboxylic acids is 2. The SMILES string of the molecule is Cc1ccc(-c2ccc(-c3cc(C(=O)O)c(-c4ccc(-c5ccc(C)cc5)s4)cc3C(=O)O)s2)cc1. The second-order valence-electron chi connectivity index (χ2n) is 8.61. The lowest BCUT2D eigenvalue weighted by atomic mass is 9.96. The van der Waals surface area contributed by atoms with E-state index in [2.05, 4.69) is 0 Å². The number of hydrogen-bond acceptors (Lipinski definition) is 4. The van der Waals surface area contributed by atoms with Crippen LogP contribution in [0.5, 0.6) is 0 Å². The van der Waals surface area contributed by atoms with Gasteiger partial charge in [-0.25, -0.2) is 9.59 Å². The first-order chi connectivity index (χ1) is 17.3. The zero-order chi connectivity index (χ0) is 25.4. The maximum Gasteiger partial charge on any atom is 0.336 e. The summed E-state index contributed by atoms with van der Waals surface area (Å²) in [5.41, 5.74) is 5.35. The Balaban J connectivity index is 1.60. The van der Waals surface area contributed by atoms with Crippen molar-refractivity contribution in [1.29, 1.82) is 0 Å². The summed E-state index contributed by atoms with van der Waals surface area (Å²) in [5.74, 6) is -2.19. The predicted octanol–water partition coefficient (Wildman–Crippen LogP) is 8.49. The van der Waals surface area contributed by atoms with Gasteiger partial charge >= 0.3 is 11.9 Å². The molecule has 0 aliphatic rings. The molecule has 0 amide bonds. The van der Waals surface area contributed by atoms with Crippen LogP contribution in [-0.2, 0) is 0 Å². The largest absolute Gasteiger partial charge is 0.478 e. The molecule has 178 valence electrons. The minimum Gasteiger partial charge on any atom is -0.478 e. The number of rotatable bonds is 6. The quantitative estimate of drug-likeness (QED) is 0.240. The van der Waals surface area contributed by atoms with Gasteiger partial charge in [-0.15, -0.1) is 22.7 Å². The van der Waals surface area contributed by atoms with Crippen LogP contribution < -0.4 is 0 Å². The van der Waals surface area contributed by atoms with Crippen molar-refractivity contribution in [1.82, 2.24) is 0 Å². The molecule has 36 heavy (non-hydrogen) atoms. The van der Waals surface area contributed by atoms with E-state index in [4.69, 9.17) is 0 Å². The summed E-state index contributed by atoms with van der Waals surface area (Å²) >= 11 is 2.89. The highest BCUT2D eigenvalue weighted by molar-refractivity contribution is 7.19. The molecule has 0 atom stereocenters. The highest BCUT2D eigenvalue weighted by Gasteiger charge is 2.22. The van der Waals surface area contributed by atoms with Crippen LogP contribution in [-0.4, -0.2) is 22.2 Å². The van der Waals surface area contributed by atoms with Crippen molar-refractivity contribution >= 4 is 34.6 Å². The van der Waals surface area contributed by atoms with Gasteiger partial charge in [-0.3, -0.25) is 0 Å². The molecule has 0 fully saturated rings. The molecule has 4 nitrogen and oxygen atoms in total. The maximum absolute atomic E-state index is 12.3. The predicted molar refractivity (Wildman–Crippen MR) is 147 cm³/mol. The van der Waals surface area contributed by atoms with Gasteiger partial charge in [0.2, 0.25) is 0 Å². The highest BCUT2D eigenvalue weighted by atomic mass is 32.1. The fourth-order valence-electron chi connectivity index (χ4n) is 4.07. The molecule has 5 rings (SSSR count). The van der Waals surface area contributed by atoms with Crippen molar-refractivity contribution in [2.75, 3.05) is 0 Å². The van der Waals surface area contributed by atoms with Gasteiger partial charge in [0.15, 0.2) is 0 Å². The molecule has 2 aromatic heterocycles. The zero-order valence-electron chi connectivity index (χ0n) is 19.6. The van der Waals surface area contributed by atoms with E-state index in [1.54, 1.807) is 0 Å². The lowest BCUT2D eigenvalue weighted by molar-refractivity contribution is 0.0682. The number of aryl methyl sites for hydroxylation is 2. The summed E-state index contributed by atoms with van der Waals surface area (Å²) in [4.78, 5) is 28.0. The van der Waals surface area contributed by atoms with E-state index in [-0.39, 0.29) is 11.1 Å². The second-order valence-corrected chi connectivity index (χ2v) is 10.8. The average Bonchev–Trinajstić information content (AvgIpc) is 3.55. The Bertz CT molecular complexity index is 1470. The number of carbonyl (C=O) groups is 2. The molecule has 6 heteroatoms. The summed E-state index contributed by atoms with van der Waals surface area (Å²) in [6.45, 7) is 4.05. The molecule has 0 bridgehead atoms. The van der Waals surface area contributed by atoms with E-state index in [0.717, 1.165) is 32.0 Å². The van der Waals surface area contributed by atoms with Gasteiger partial charge in [0, 0.05) is 30.6 Å². The summed E-state index contributed by atoms with van der Waals surface area (Å²) in [5, 5.41) is 20.1. The van der Waals surface area contributed by atoms with Crippen LogP contribution in [0.4, 0.5) is 0 Å². The first kappa shape index (κ1) is 23.7. The lowest BCUT2D eigenvalue weighted by Gasteiger charge is -2.11. The van der Waals surface area contributed by atoms with Crippen molar-refractivity contribution in [2.45, 2.75) is 13.8 Å². The molecule has 0 radical (unpaired) electrons. The molecular formula is C30H22O4S2. The Morgan fingerprint density at radius 1 is 0.528 bits per heavy atom. The van der Waals surface area contributed by atoms with E-state index in [1.165, 1.54) is 34.8 Å². The average molecular weight is 511 g/mol. The van der Waals surface area contributed by atoms with Crippen LogP contribution in [0.25, 0.3) is 41.8 Å². The van der Waals surface area contributed by atoms with Crippen molar-refractivity contribution in [3.8, 4) is 41.8 Å². The minimum atomic E-state index is -1.09. The first-order valence-corrected chi connectivity index (χ1v) is 12.9. The van der Waals surface area contributed by atoms with E-state index in [0.29, 0.717) is 20.9 Å². The summed E-state index contributed by atoms with van der Waals surface area (Å²) in [6.07, 6.45) is 0. The van der Waals surface area contributed by atoms with Crippen molar-refractivity contribution < 1.29 is 19.8 Å².